The van der Waals surface area contributed by atoms with E-state index in [0.717, 1.165) is 44.6 Å². The van der Waals surface area contributed by atoms with Crippen LogP contribution in [0.15, 0.2) is 29.3 Å². The summed E-state index contributed by atoms with van der Waals surface area (Å²) in [4.78, 5) is 6.87. The first-order valence-electron chi connectivity index (χ1n) is 10.1. The second-order valence-corrected chi connectivity index (χ2v) is 7.25. The number of nitrogens with zero attached hydrogens (tertiary/aromatic N) is 2. The third-order valence-corrected chi connectivity index (χ3v) is 4.93. The number of methoxy groups -OCH3 is 1. The van der Waals surface area contributed by atoms with Gasteiger partial charge in [0.1, 0.15) is 12.4 Å². The van der Waals surface area contributed by atoms with E-state index in [1.165, 1.54) is 5.56 Å². The molecule has 1 aromatic carbocycles. The lowest BCUT2D eigenvalue weighted by molar-refractivity contribution is 0.00752. The summed E-state index contributed by atoms with van der Waals surface area (Å²) in [5.74, 6) is 2.24. The van der Waals surface area contributed by atoms with Crippen LogP contribution in [0.4, 0.5) is 0 Å². The minimum Gasteiger partial charge on any atom is -0.491 e. The molecule has 7 nitrogen and oxygen atoms in total. The van der Waals surface area contributed by atoms with Crippen LogP contribution in [-0.4, -0.2) is 77.1 Å². The normalized spacial score (nSPS) is 16.8. The minimum absolute atomic E-state index is 0.464. The monoisotopic (exact) mass is 392 g/mol. The largest absolute Gasteiger partial charge is 0.491 e. The summed E-state index contributed by atoms with van der Waals surface area (Å²) in [5.41, 5.74) is 1.18. The predicted octanol–water partition coefficient (Wildman–Crippen LogP) is 1.73. The molecule has 0 bridgehead atoms. The van der Waals surface area contributed by atoms with Gasteiger partial charge in [-0.25, -0.2) is 0 Å². The van der Waals surface area contributed by atoms with Crippen LogP contribution >= 0.6 is 0 Å². The lowest BCUT2D eigenvalue weighted by atomic mass is 10.0. The SMILES string of the molecule is CN=C(NCc1ccc(OCCOC)cc1)NCC(C(C)C)N1CCOCC1. The number of rotatable bonds is 10. The molecule has 7 heteroatoms. The van der Waals surface area contributed by atoms with Gasteiger partial charge in [-0.3, -0.25) is 9.89 Å². The molecule has 1 fully saturated rings. The third-order valence-electron chi connectivity index (χ3n) is 4.93. The highest BCUT2D eigenvalue weighted by Crippen LogP contribution is 2.13. The first-order chi connectivity index (χ1) is 13.6. The topological polar surface area (TPSA) is 67.4 Å². The highest BCUT2D eigenvalue weighted by molar-refractivity contribution is 5.79. The van der Waals surface area contributed by atoms with Crippen LogP contribution in [0.3, 0.4) is 0 Å². The van der Waals surface area contributed by atoms with Gasteiger partial charge in [0.2, 0.25) is 0 Å². The van der Waals surface area contributed by atoms with Gasteiger partial charge in [0.15, 0.2) is 5.96 Å². The van der Waals surface area contributed by atoms with Crippen LogP contribution in [0.2, 0.25) is 0 Å². The van der Waals surface area contributed by atoms with Gasteiger partial charge >= 0.3 is 0 Å². The molecule has 0 aromatic heterocycles. The van der Waals surface area contributed by atoms with Crippen LogP contribution in [0.5, 0.6) is 5.75 Å². The number of hydrogen-bond donors (Lipinski definition) is 2. The summed E-state index contributed by atoms with van der Waals surface area (Å²) < 4.78 is 16.1. The zero-order valence-corrected chi connectivity index (χ0v) is 17.7. The minimum atomic E-state index is 0.464. The van der Waals surface area contributed by atoms with Crippen molar-refractivity contribution < 1.29 is 14.2 Å². The summed E-state index contributed by atoms with van der Waals surface area (Å²) in [5, 5.41) is 6.87. The van der Waals surface area contributed by atoms with Crippen molar-refractivity contribution in [1.82, 2.24) is 15.5 Å². The van der Waals surface area contributed by atoms with Crippen molar-refractivity contribution in [3.05, 3.63) is 29.8 Å². The fourth-order valence-corrected chi connectivity index (χ4v) is 3.25. The van der Waals surface area contributed by atoms with E-state index in [9.17, 15) is 0 Å². The summed E-state index contributed by atoms with van der Waals surface area (Å²) >= 11 is 0. The van der Waals surface area contributed by atoms with E-state index in [-0.39, 0.29) is 0 Å². The highest BCUT2D eigenvalue weighted by atomic mass is 16.5. The van der Waals surface area contributed by atoms with E-state index in [1.807, 2.05) is 12.1 Å². The van der Waals surface area contributed by atoms with Gasteiger partial charge < -0.3 is 24.8 Å². The van der Waals surface area contributed by atoms with Gasteiger partial charge in [0.25, 0.3) is 0 Å². The zero-order valence-electron chi connectivity index (χ0n) is 17.7. The molecule has 0 amide bonds. The fourth-order valence-electron chi connectivity index (χ4n) is 3.25. The quantitative estimate of drug-likeness (QED) is 0.359. The first kappa shape index (κ1) is 22.5. The van der Waals surface area contributed by atoms with Crippen LogP contribution in [-0.2, 0) is 16.0 Å². The van der Waals surface area contributed by atoms with Gasteiger partial charge in [-0.2, -0.15) is 0 Å². The number of benzene rings is 1. The maximum Gasteiger partial charge on any atom is 0.191 e. The highest BCUT2D eigenvalue weighted by Gasteiger charge is 2.23. The number of aliphatic imine (C=N–C) groups is 1. The second-order valence-electron chi connectivity index (χ2n) is 7.25. The Morgan fingerprint density at radius 3 is 2.46 bits per heavy atom. The summed E-state index contributed by atoms with van der Waals surface area (Å²) in [6.45, 7) is 10.9. The van der Waals surface area contributed by atoms with Crippen molar-refractivity contribution in [2.24, 2.45) is 10.9 Å². The Kier molecular flexibility index (Phi) is 10.1. The van der Waals surface area contributed by atoms with Crippen molar-refractivity contribution in [3.63, 3.8) is 0 Å². The van der Waals surface area contributed by atoms with Crippen LogP contribution in [0.25, 0.3) is 0 Å². The molecular formula is C21H36N4O3. The van der Waals surface area contributed by atoms with Gasteiger partial charge in [-0.15, -0.1) is 0 Å². The van der Waals surface area contributed by atoms with Crippen LogP contribution < -0.4 is 15.4 Å². The number of ether oxygens (including phenoxy) is 3. The van der Waals surface area contributed by atoms with Crippen molar-refractivity contribution in [3.8, 4) is 5.75 Å². The number of hydrogen-bond acceptors (Lipinski definition) is 5. The van der Waals surface area contributed by atoms with Crippen molar-refractivity contribution >= 4 is 5.96 Å². The average molecular weight is 393 g/mol. The maximum absolute atomic E-state index is 5.60. The molecule has 0 spiro atoms. The molecule has 1 unspecified atom stereocenters. The molecule has 2 rings (SSSR count). The predicted molar refractivity (Wildman–Crippen MR) is 113 cm³/mol. The number of morpholine rings is 1. The molecule has 1 saturated heterocycles. The Morgan fingerprint density at radius 1 is 1.14 bits per heavy atom. The van der Waals surface area contributed by atoms with E-state index >= 15 is 0 Å². The molecular weight excluding hydrogens is 356 g/mol. The molecule has 1 aromatic rings. The molecule has 158 valence electrons. The Labute approximate surface area is 169 Å². The van der Waals surface area contributed by atoms with E-state index in [2.05, 4.69) is 46.5 Å². The smallest absolute Gasteiger partial charge is 0.191 e. The van der Waals surface area contributed by atoms with Crippen molar-refractivity contribution in [2.45, 2.75) is 26.4 Å². The Balaban J connectivity index is 1.78. The third kappa shape index (κ3) is 7.66. The van der Waals surface area contributed by atoms with E-state index in [0.29, 0.717) is 31.7 Å². The molecule has 0 saturated carbocycles. The van der Waals surface area contributed by atoms with E-state index < -0.39 is 0 Å². The molecule has 28 heavy (non-hydrogen) atoms. The first-order valence-corrected chi connectivity index (χ1v) is 10.1. The van der Waals surface area contributed by atoms with Crippen molar-refractivity contribution in [1.29, 1.82) is 0 Å². The van der Waals surface area contributed by atoms with Gasteiger partial charge in [-0.05, 0) is 23.6 Å². The summed E-state index contributed by atoms with van der Waals surface area (Å²) in [7, 11) is 3.48. The molecule has 0 aliphatic carbocycles. The molecule has 2 N–H and O–H groups in total. The Morgan fingerprint density at radius 2 is 1.86 bits per heavy atom. The Hall–Kier alpha value is -1.83. The standard InChI is InChI=1S/C21H36N4O3/c1-17(2)20(25-9-11-27-12-10-25)16-24-21(22-3)23-15-18-5-7-19(8-6-18)28-14-13-26-4/h5-8,17,20H,9-16H2,1-4H3,(H2,22,23,24). The molecule has 1 atom stereocenters. The lowest BCUT2D eigenvalue weighted by Gasteiger charge is -2.37. The molecule has 1 aliphatic rings. The van der Waals surface area contributed by atoms with Crippen LogP contribution in [0.1, 0.15) is 19.4 Å². The van der Waals surface area contributed by atoms with Gasteiger partial charge in [-0.1, -0.05) is 26.0 Å². The van der Waals surface area contributed by atoms with E-state index in [1.54, 1.807) is 14.2 Å². The number of guanidine groups is 1. The fraction of sp³-hybridized carbons (Fsp3) is 0.667. The summed E-state index contributed by atoms with van der Waals surface area (Å²) in [6, 6.07) is 8.55. The van der Waals surface area contributed by atoms with Gasteiger partial charge in [0, 0.05) is 46.4 Å². The molecule has 1 heterocycles. The molecule has 0 radical (unpaired) electrons. The number of nitrogens with one attached hydrogen (secondary N) is 2. The zero-order chi connectivity index (χ0) is 20.2. The van der Waals surface area contributed by atoms with Crippen LogP contribution in [0, 0.1) is 5.92 Å². The van der Waals surface area contributed by atoms with Gasteiger partial charge in [0.05, 0.1) is 19.8 Å². The lowest BCUT2D eigenvalue weighted by Crippen LogP contribution is -2.52. The second kappa shape index (κ2) is 12.6. The average Bonchev–Trinajstić information content (AvgIpc) is 2.72. The molecule has 1 aliphatic heterocycles. The van der Waals surface area contributed by atoms with Crippen molar-refractivity contribution in [2.75, 3.05) is 60.2 Å². The Bertz CT molecular complexity index is 572. The summed E-state index contributed by atoms with van der Waals surface area (Å²) in [6.07, 6.45) is 0. The van der Waals surface area contributed by atoms with E-state index in [4.69, 9.17) is 14.2 Å². The maximum atomic E-state index is 5.60.